The van der Waals surface area contributed by atoms with Gasteiger partial charge in [0.25, 0.3) is 0 Å². The number of carbonyl (C=O) groups excluding carboxylic acids is 1. The maximum Gasteiger partial charge on any atom is 0.225 e. The largest absolute Gasteiger partial charge is 0.357 e. The molecule has 2 saturated heterocycles. The average molecular weight is 436 g/mol. The highest BCUT2D eigenvalue weighted by atomic mass is 16.2. The lowest BCUT2D eigenvalue weighted by Gasteiger charge is -2.34. The number of guanidine groups is 1. The second kappa shape index (κ2) is 10.9. The van der Waals surface area contributed by atoms with E-state index in [0.717, 1.165) is 51.1 Å². The Balaban J connectivity index is 1.26. The second-order valence-corrected chi connectivity index (χ2v) is 8.24. The highest BCUT2D eigenvalue weighted by Gasteiger charge is 2.26. The van der Waals surface area contributed by atoms with Crippen LogP contribution in [0.3, 0.4) is 0 Å². The first kappa shape index (κ1) is 22.0. The van der Waals surface area contributed by atoms with Crippen LogP contribution in [0, 0.1) is 0 Å². The van der Waals surface area contributed by atoms with Gasteiger partial charge in [0, 0.05) is 70.5 Å². The molecule has 4 rings (SSSR count). The fourth-order valence-corrected chi connectivity index (χ4v) is 4.40. The average Bonchev–Trinajstić information content (AvgIpc) is 3.35. The molecule has 3 heterocycles. The zero-order valence-corrected chi connectivity index (χ0v) is 18.9. The summed E-state index contributed by atoms with van der Waals surface area (Å²) in [5.74, 6) is 2.36. The van der Waals surface area contributed by atoms with E-state index in [4.69, 9.17) is 4.99 Å². The lowest BCUT2D eigenvalue weighted by molar-refractivity contribution is -0.131. The standard InChI is InChI=1S/C24H33N7O/c1-2-25-23(31-14-10-21(19-31)20-7-4-3-5-8-20)28-13-9-22(32)29-15-17-30(18-16-29)24-26-11-6-12-27-24/h3-8,11-12,21H,2,9-10,13-19H2,1H3,(H,25,28). The Morgan fingerprint density at radius 1 is 1.03 bits per heavy atom. The van der Waals surface area contributed by atoms with Gasteiger partial charge in [0.1, 0.15) is 0 Å². The maximum absolute atomic E-state index is 12.7. The molecule has 0 bridgehead atoms. The minimum absolute atomic E-state index is 0.168. The maximum atomic E-state index is 12.7. The van der Waals surface area contributed by atoms with Crippen molar-refractivity contribution in [3.05, 3.63) is 54.4 Å². The molecular weight excluding hydrogens is 402 g/mol. The lowest BCUT2D eigenvalue weighted by Crippen LogP contribution is -2.49. The number of amides is 1. The molecule has 2 aliphatic heterocycles. The lowest BCUT2D eigenvalue weighted by atomic mass is 9.99. The molecule has 8 nitrogen and oxygen atoms in total. The minimum atomic E-state index is 0.168. The van der Waals surface area contributed by atoms with E-state index in [0.29, 0.717) is 32.0 Å². The van der Waals surface area contributed by atoms with E-state index in [1.807, 2.05) is 11.0 Å². The summed E-state index contributed by atoms with van der Waals surface area (Å²) >= 11 is 0. The van der Waals surface area contributed by atoms with Gasteiger partial charge in [-0.3, -0.25) is 9.79 Å². The van der Waals surface area contributed by atoms with Gasteiger partial charge in [-0.1, -0.05) is 30.3 Å². The van der Waals surface area contributed by atoms with Crippen LogP contribution in [-0.2, 0) is 4.79 Å². The molecule has 0 radical (unpaired) electrons. The predicted molar refractivity (Wildman–Crippen MR) is 127 cm³/mol. The predicted octanol–water partition coefficient (Wildman–Crippen LogP) is 1.97. The molecule has 2 fully saturated rings. The van der Waals surface area contributed by atoms with Crippen LogP contribution in [-0.4, -0.2) is 84.0 Å². The number of carbonyl (C=O) groups is 1. The molecule has 1 aromatic carbocycles. The van der Waals surface area contributed by atoms with Crippen LogP contribution in [0.2, 0.25) is 0 Å². The molecule has 2 aromatic rings. The van der Waals surface area contributed by atoms with Crippen molar-refractivity contribution in [2.45, 2.75) is 25.7 Å². The number of rotatable bonds is 6. The van der Waals surface area contributed by atoms with Crippen LogP contribution in [0.5, 0.6) is 0 Å². The molecule has 1 amide bonds. The highest BCUT2D eigenvalue weighted by Crippen LogP contribution is 2.26. The zero-order chi connectivity index (χ0) is 22.2. The monoisotopic (exact) mass is 435 g/mol. The first-order valence-corrected chi connectivity index (χ1v) is 11.6. The van der Waals surface area contributed by atoms with Crippen molar-refractivity contribution in [1.82, 2.24) is 25.1 Å². The molecule has 0 aliphatic carbocycles. The highest BCUT2D eigenvalue weighted by molar-refractivity contribution is 5.81. The van der Waals surface area contributed by atoms with Gasteiger partial charge in [-0.15, -0.1) is 0 Å². The molecular formula is C24H33N7O. The number of nitrogens with zero attached hydrogens (tertiary/aromatic N) is 6. The van der Waals surface area contributed by atoms with Crippen LogP contribution in [0.25, 0.3) is 0 Å². The van der Waals surface area contributed by atoms with Crippen LogP contribution in [0.1, 0.15) is 31.2 Å². The second-order valence-electron chi connectivity index (χ2n) is 8.24. The van der Waals surface area contributed by atoms with Gasteiger partial charge in [-0.05, 0) is 25.0 Å². The number of anilines is 1. The third kappa shape index (κ3) is 5.55. The summed E-state index contributed by atoms with van der Waals surface area (Å²) in [6.07, 6.45) is 5.07. The molecule has 8 heteroatoms. The molecule has 170 valence electrons. The molecule has 1 N–H and O–H groups in total. The van der Waals surface area contributed by atoms with E-state index in [1.165, 1.54) is 5.56 Å². The van der Waals surface area contributed by atoms with Crippen LogP contribution < -0.4 is 10.2 Å². The third-order valence-corrected chi connectivity index (χ3v) is 6.15. The number of hydrogen-bond acceptors (Lipinski definition) is 5. The van der Waals surface area contributed by atoms with E-state index in [-0.39, 0.29) is 5.91 Å². The first-order valence-electron chi connectivity index (χ1n) is 11.6. The SMILES string of the molecule is CCNC(=NCCC(=O)N1CCN(c2ncccn2)CC1)N1CCC(c2ccccc2)C1. The van der Waals surface area contributed by atoms with Crippen molar-refractivity contribution < 1.29 is 4.79 Å². The van der Waals surface area contributed by atoms with E-state index in [2.05, 4.69) is 62.3 Å². The fraction of sp³-hybridized carbons (Fsp3) is 0.500. The molecule has 0 saturated carbocycles. The Bertz CT molecular complexity index is 882. The first-order chi connectivity index (χ1) is 15.7. The van der Waals surface area contributed by atoms with Crippen molar-refractivity contribution in [1.29, 1.82) is 0 Å². The smallest absolute Gasteiger partial charge is 0.225 e. The summed E-state index contributed by atoms with van der Waals surface area (Å²) in [6, 6.07) is 12.5. The quantitative estimate of drug-likeness (QED) is 0.552. The fourth-order valence-electron chi connectivity index (χ4n) is 4.40. The third-order valence-electron chi connectivity index (χ3n) is 6.15. The number of hydrogen-bond donors (Lipinski definition) is 1. The summed E-state index contributed by atoms with van der Waals surface area (Å²) in [5, 5.41) is 3.40. The number of aliphatic imine (C=N–C) groups is 1. The molecule has 0 spiro atoms. The van der Waals surface area contributed by atoms with E-state index in [9.17, 15) is 4.79 Å². The Morgan fingerprint density at radius 3 is 2.50 bits per heavy atom. The van der Waals surface area contributed by atoms with Crippen molar-refractivity contribution in [2.24, 2.45) is 4.99 Å². The topological polar surface area (TPSA) is 77.0 Å². The molecule has 1 aromatic heterocycles. The van der Waals surface area contributed by atoms with Crippen molar-refractivity contribution in [3.8, 4) is 0 Å². The normalized spacial score (nSPS) is 19.3. The van der Waals surface area contributed by atoms with E-state index >= 15 is 0 Å². The van der Waals surface area contributed by atoms with Crippen LogP contribution in [0.4, 0.5) is 5.95 Å². The summed E-state index contributed by atoms with van der Waals surface area (Å²) in [6.45, 7) is 8.29. The van der Waals surface area contributed by atoms with Crippen molar-refractivity contribution in [3.63, 3.8) is 0 Å². The van der Waals surface area contributed by atoms with E-state index < -0.39 is 0 Å². The van der Waals surface area contributed by atoms with Gasteiger partial charge in [0.2, 0.25) is 11.9 Å². The Morgan fingerprint density at radius 2 is 1.78 bits per heavy atom. The van der Waals surface area contributed by atoms with E-state index in [1.54, 1.807) is 12.4 Å². The molecule has 32 heavy (non-hydrogen) atoms. The van der Waals surface area contributed by atoms with Gasteiger partial charge >= 0.3 is 0 Å². The van der Waals surface area contributed by atoms with Gasteiger partial charge in [0.15, 0.2) is 5.96 Å². The van der Waals surface area contributed by atoms with Crippen molar-refractivity contribution >= 4 is 17.8 Å². The van der Waals surface area contributed by atoms with Gasteiger partial charge < -0.3 is 20.0 Å². The molecule has 1 atom stereocenters. The Kier molecular flexibility index (Phi) is 7.53. The molecule has 2 aliphatic rings. The van der Waals surface area contributed by atoms with Crippen molar-refractivity contribution in [2.75, 3.05) is 57.3 Å². The molecule has 1 unspecified atom stereocenters. The summed E-state index contributed by atoms with van der Waals surface area (Å²) in [7, 11) is 0. The summed E-state index contributed by atoms with van der Waals surface area (Å²) in [5.41, 5.74) is 1.39. The number of nitrogens with one attached hydrogen (secondary N) is 1. The van der Waals surface area contributed by atoms with Gasteiger partial charge in [-0.25, -0.2) is 9.97 Å². The van der Waals surface area contributed by atoms with Crippen LogP contribution in [0.15, 0.2) is 53.8 Å². The minimum Gasteiger partial charge on any atom is -0.357 e. The number of piperazine rings is 1. The zero-order valence-electron chi connectivity index (χ0n) is 18.9. The van der Waals surface area contributed by atoms with Gasteiger partial charge in [-0.2, -0.15) is 0 Å². The Hall–Kier alpha value is -3.16. The number of aromatic nitrogens is 2. The van der Waals surface area contributed by atoms with Gasteiger partial charge in [0.05, 0.1) is 6.54 Å². The summed E-state index contributed by atoms with van der Waals surface area (Å²) in [4.78, 5) is 32.5. The van der Waals surface area contributed by atoms with Crippen LogP contribution >= 0.6 is 0 Å². The summed E-state index contributed by atoms with van der Waals surface area (Å²) < 4.78 is 0. The Labute approximate surface area is 190 Å². The number of likely N-dealkylation sites (tertiary alicyclic amines) is 1. The number of benzene rings is 1.